The highest BCUT2D eigenvalue weighted by Crippen LogP contribution is 2.32. The Hall–Kier alpha value is -1.51. The first-order chi connectivity index (χ1) is 9.09. The second-order valence-corrected chi connectivity index (χ2v) is 4.85. The van der Waals surface area contributed by atoms with Gasteiger partial charge in [-0.05, 0) is 36.2 Å². The summed E-state index contributed by atoms with van der Waals surface area (Å²) in [5.41, 5.74) is 2.10. The molecule has 0 aliphatic rings. The van der Waals surface area contributed by atoms with Crippen LogP contribution in [0.4, 0.5) is 0 Å². The molecule has 2 aromatic rings. The Balaban J connectivity index is 2.25. The minimum atomic E-state index is -0.515. The van der Waals surface area contributed by atoms with Gasteiger partial charge in [-0.15, -0.1) is 0 Å². The quantitative estimate of drug-likeness (QED) is 0.770. The van der Waals surface area contributed by atoms with E-state index in [2.05, 4.69) is 0 Å². The summed E-state index contributed by atoms with van der Waals surface area (Å²) in [6.07, 6.45) is 0. The normalized spacial score (nSPS) is 10.3. The molecule has 4 heteroatoms. The van der Waals surface area contributed by atoms with Gasteiger partial charge in [0.1, 0.15) is 12.4 Å². The second kappa shape index (κ2) is 6.09. The van der Waals surface area contributed by atoms with Gasteiger partial charge in [-0.1, -0.05) is 41.9 Å². The molecule has 0 aromatic heterocycles. The fraction of sp³-hybridized carbons (Fsp3) is 0.133. The summed E-state index contributed by atoms with van der Waals surface area (Å²) < 4.78 is 5.70. The van der Waals surface area contributed by atoms with Crippen LogP contribution in [0, 0.1) is 6.92 Å². The Labute approximate surface area is 121 Å². The number of hydrogen-bond donors (Lipinski definition) is 0. The predicted octanol–water partition coefficient (Wildman–Crippen LogP) is 4.61. The summed E-state index contributed by atoms with van der Waals surface area (Å²) in [7, 11) is 0. The number of carbonyl (C=O) groups excluding carboxylic acids is 1. The van der Waals surface area contributed by atoms with E-state index in [0.29, 0.717) is 28.5 Å². The van der Waals surface area contributed by atoms with Crippen molar-refractivity contribution in [3.63, 3.8) is 0 Å². The molecule has 0 amide bonds. The SMILES string of the molecule is Cc1c(C(=O)Cl)ccc(Cl)c1OCc1ccccc1. The molecule has 0 bridgehead atoms. The van der Waals surface area contributed by atoms with E-state index in [9.17, 15) is 4.79 Å². The van der Waals surface area contributed by atoms with Gasteiger partial charge in [-0.2, -0.15) is 0 Å². The van der Waals surface area contributed by atoms with Gasteiger partial charge < -0.3 is 4.74 Å². The topological polar surface area (TPSA) is 26.3 Å². The molecule has 0 aliphatic heterocycles. The number of hydrogen-bond acceptors (Lipinski definition) is 2. The second-order valence-electron chi connectivity index (χ2n) is 4.10. The molecular weight excluding hydrogens is 283 g/mol. The van der Waals surface area contributed by atoms with Crippen LogP contribution in [0.2, 0.25) is 5.02 Å². The molecule has 0 saturated heterocycles. The number of carbonyl (C=O) groups is 1. The molecule has 2 nitrogen and oxygen atoms in total. The lowest BCUT2D eigenvalue weighted by Crippen LogP contribution is -2.01. The summed E-state index contributed by atoms with van der Waals surface area (Å²) in [5, 5.41) is -0.0474. The fourth-order valence-electron chi connectivity index (χ4n) is 1.78. The Kier molecular flexibility index (Phi) is 4.46. The van der Waals surface area contributed by atoms with Crippen molar-refractivity contribution in [3.8, 4) is 5.75 Å². The number of benzene rings is 2. The van der Waals surface area contributed by atoms with Crippen molar-refractivity contribution in [3.05, 3.63) is 64.2 Å². The van der Waals surface area contributed by atoms with Crippen LogP contribution in [0.25, 0.3) is 0 Å². The number of ether oxygens (including phenoxy) is 1. The molecule has 0 N–H and O–H groups in total. The minimum absolute atomic E-state index is 0.390. The Bertz CT molecular complexity index is 595. The summed E-state index contributed by atoms with van der Waals surface area (Å²) in [5.74, 6) is 0.497. The minimum Gasteiger partial charge on any atom is -0.487 e. The maximum Gasteiger partial charge on any atom is 0.252 e. The molecule has 2 aromatic carbocycles. The van der Waals surface area contributed by atoms with E-state index in [-0.39, 0.29) is 0 Å². The molecule has 0 heterocycles. The zero-order chi connectivity index (χ0) is 13.8. The van der Waals surface area contributed by atoms with Crippen molar-refractivity contribution in [1.82, 2.24) is 0 Å². The van der Waals surface area contributed by atoms with E-state index in [1.165, 1.54) is 0 Å². The first-order valence-electron chi connectivity index (χ1n) is 5.75. The smallest absolute Gasteiger partial charge is 0.252 e. The zero-order valence-electron chi connectivity index (χ0n) is 10.3. The van der Waals surface area contributed by atoms with Crippen LogP contribution in [0.3, 0.4) is 0 Å². The van der Waals surface area contributed by atoms with Crippen molar-refractivity contribution in [1.29, 1.82) is 0 Å². The van der Waals surface area contributed by atoms with E-state index in [0.717, 1.165) is 5.56 Å². The molecule has 0 atom stereocenters. The van der Waals surface area contributed by atoms with Crippen molar-refractivity contribution in [2.75, 3.05) is 0 Å². The lowest BCUT2D eigenvalue weighted by molar-refractivity contribution is 0.108. The van der Waals surface area contributed by atoms with Crippen LogP contribution in [0.1, 0.15) is 21.5 Å². The van der Waals surface area contributed by atoms with Crippen LogP contribution in [0.15, 0.2) is 42.5 Å². The lowest BCUT2D eigenvalue weighted by atomic mass is 10.1. The van der Waals surface area contributed by atoms with E-state index in [1.54, 1.807) is 19.1 Å². The van der Waals surface area contributed by atoms with Gasteiger partial charge in [-0.3, -0.25) is 4.79 Å². The summed E-state index contributed by atoms with van der Waals surface area (Å²) in [4.78, 5) is 11.3. The maximum atomic E-state index is 11.3. The Morgan fingerprint density at radius 3 is 2.47 bits per heavy atom. The first kappa shape index (κ1) is 13.9. The van der Waals surface area contributed by atoms with Gasteiger partial charge in [0.25, 0.3) is 5.24 Å². The Morgan fingerprint density at radius 2 is 1.84 bits per heavy atom. The van der Waals surface area contributed by atoms with Gasteiger partial charge in [-0.25, -0.2) is 0 Å². The van der Waals surface area contributed by atoms with Gasteiger partial charge in [0.2, 0.25) is 0 Å². The van der Waals surface area contributed by atoms with E-state index in [4.69, 9.17) is 27.9 Å². The molecule has 19 heavy (non-hydrogen) atoms. The van der Waals surface area contributed by atoms with E-state index in [1.807, 2.05) is 30.3 Å². The van der Waals surface area contributed by atoms with Crippen molar-refractivity contribution < 1.29 is 9.53 Å². The van der Waals surface area contributed by atoms with Crippen molar-refractivity contribution in [2.24, 2.45) is 0 Å². The average molecular weight is 295 g/mol. The summed E-state index contributed by atoms with van der Waals surface area (Å²) in [6.45, 7) is 2.16. The molecule has 0 aliphatic carbocycles. The molecule has 0 radical (unpaired) electrons. The summed E-state index contributed by atoms with van der Waals surface area (Å²) >= 11 is 11.6. The van der Waals surface area contributed by atoms with Crippen LogP contribution in [-0.2, 0) is 6.61 Å². The van der Waals surface area contributed by atoms with Crippen LogP contribution in [-0.4, -0.2) is 5.24 Å². The standard InChI is InChI=1S/C15H12Cl2O2/c1-10-12(15(17)18)7-8-13(16)14(10)19-9-11-5-3-2-4-6-11/h2-8H,9H2,1H3. The van der Waals surface area contributed by atoms with Crippen molar-refractivity contribution >= 4 is 28.4 Å². The highest BCUT2D eigenvalue weighted by atomic mass is 35.5. The third kappa shape index (κ3) is 3.28. The van der Waals surface area contributed by atoms with E-state index >= 15 is 0 Å². The largest absolute Gasteiger partial charge is 0.487 e. The molecule has 0 fully saturated rings. The third-order valence-electron chi connectivity index (χ3n) is 2.80. The first-order valence-corrected chi connectivity index (χ1v) is 6.51. The zero-order valence-corrected chi connectivity index (χ0v) is 11.8. The van der Waals surface area contributed by atoms with E-state index < -0.39 is 5.24 Å². The average Bonchev–Trinajstić information content (AvgIpc) is 2.39. The predicted molar refractivity (Wildman–Crippen MR) is 77.1 cm³/mol. The monoisotopic (exact) mass is 294 g/mol. The lowest BCUT2D eigenvalue weighted by Gasteiger charge is -2.13. The van der Waals surface area contributed by atoms with Gasteiger partial charge in [0.15, 0.2) is 0 Å². The summed E-state index contributed by atoms with van der Waals surface area (Å²) in [6, 6.07) is 12.9. The third-order valence-corrected chi connectivity index (χ3v) is 3.30. The fourth-order valence-corrected chi connectivity index (χ4v) is 2.24. The van der Waals surface area contributed by atoms with Crippen LogP contribution >= 0.6 is 23.2 Å². The molecule has 0 spiro atoms. The van der Waals surface area contributed by atoms with Crippen LogP contribution in [0.5, 0.6) is 5.75 Å². The molecule has 2 rings (SSSR count). The van der Waals surface area contributed by atoms with Gasteiger partial charge in [0, 0.05) is 11.1 Å². The highest BCUT2D eigenvalue weighted by molar-refractivity contribution is 6.68. The number of rotatable bonds is 4. The van der Waals surface area contributed by atoms with Crippen LogP contribution < -0.4 is 4.74 Å². The molecule has 98 valence electrons. The molecule has 0 saturated carbocycles. The highest BCUT2D eigenvalue weighted by Gasteiger charge is 2.14. The number of halogens is 2. The molecule has 0 unspecified atom stereocenters. The van der Waals surface area contributed by atoms with Gasteiger partial charge >= 0.3 is 0 Å². The van der Waals surface area contributed by atoms with Gasteiger partial charge in [0.05, 0.1) is 5.02 Å². The Morgan fingerprint density at radius 1 is 1.16 bits per heavy atom. The maximum absolute atomic E-state index is 11.3. The molecular formula is C15H12Cl2O2. The van der Waals surface area contributed by atoms with Crippen molar-refractivity contribution in [2.45, 2.75) is 13.5 Å².